The zero-order valence-corrected chi connectivity index (χ0v) is 18.6. The lowest BCUT2D eigenvalue weighted by Gasteiger charge is -2.37. The number of rotatable bonds is 4. The van der Waals surface area contributed by atoms with E-state index in [0.29, 0.717) is 35.1 Å². The first-order valence-electron chi connectivity index (χ1n) is 10.3. The Balaban J connectivity index is 1.72. The number of carbonyl (C=O) groups is 2. The summed E-state index contributed by atoms with van der Waals surface area (Å²) < 4.78 is 11.6. The molecule has 1 heterocycles. The van der Waals surface area contributed by atoms with E-state index in [1.807, 2.05) is 50.2 Å². The Hall–Kier alpha value is -1.88. The van der Waals surface area contributed by atoms with Crippen LogP contribution in [-0.2, 0) is 19.1 Å². The minimum Gasteiger partial charge on any atom is -0.447 e. The fourth-order valence-electron chi connectivity index (χ4n) is 4.70. The summed E-state index contributed by atoms with van der Waals surface area (Å²) in [5, 5.41) is 1.03. The molecule has 1 aliphatic heterocycles. The summed E-state index contributed by atoms with van der Waals surface area (Å²) in [6.07, 6.45) is 2.60. The number of ketones is 1. The van der Waals surface area contributed by atoms with Crippen LogP contribution < -0.4 is 0 Å². The van der Waals surface area contributed by atoms with Crippen molar-refractivity contribution in [2.75, 3.05) is 6.61 Å². The molecule has 30 heavy (non-hydrogen) atoms. The number of carbonyl (C=O) groups excluding carboxylic acids is 2. The van der Waals surface area contributed by atoms with Crippen LogP contribution in [0.25, 0.3) is 11.1 Å². The quantitative estimate of drug-likeness (QED) is 0.433. The van der Waals surface area contributed by atoms with Gasteiger partial charge in [-0.3, -0.25) is 9.59 Å². The molecule has 2 aromatic rings. The molecule has 4 rings (SSSR count). The largest absolute Gasteiger partial charge is 0.447 e. The van der Waals surface area contributed by atoms with Gasteiger partial charge in [0.15, 0.2) is 11.4 Å². The van der Waals surface area contributed by atoms with Crippen molar-refractivity contribution in [1.82, 2.24) is 0 Å². The van der Waals surface area contributed by atoms with Crippen LogP contribution >= 0.6 is 23.2 Å². The number of ether oxygens (including phenoxy) is 2. The number of benzene rings is 2. The van der Waals surface area contributed by atoms with Gasteiger partial charge < -0.3 is 9.47 Å². The first-order valence-corrected chi connectivity index (χ1v) is 11.1. The molecule has 2 aliphatic rings. The maximum absolute atomic E-state index is 13.5. The summed E-state index contributed by atoms with van der Waals surface area (Å²) in [6.45, 7) is 4.29. The zero-order valence-electron chi connectivity index (χ0n) is 17.0. The average Bonchev–Trinajstić information content (AvgIpc) is 2.96. The third-order valence-corrected chi connectivity index (χ3v) is 6.74. The summed E-state index contributed by atoms with van der Waals surface area (Å²) in [6, 6.07) is 11.1. The molecule has 6 heteroatoms. The van der Waals surface area contributed by atoms with E-state index in [2.05, 4.69) is 0 Å². The maximum atomic E-state index is 13.5. The Morgan fingerprint density at radius 1 is 1.13 bits per heavy atom. The lowest BCUT2D eigenvalue weighted by molar-refractivity contribution is -0.175. The van der Waals surface area contributed by atoms with Crippen molar-refractivity contribution in [3.63, 3.8) is 0 Å². The number of aryl methyl sites for hydroxylation is 1. The van der Waals surface area contributed by atoms with Gasteiger partial charge >= 0.3 is 5.97 Å². The van der Waals surface area contributed by atoms with E-state index in [4.69, 9.17) is 32.7 Å². The van der Waals surface area contributed by atoms with Gasteiger partial charge in [0.2, 0.25) is 0 Å². The van der Waals surface area contributed by atoms with Crippen molar-refractivity contribution in [2.24, 2.45) is 0 Å². The van der Waals surface area contributed by atoms with Crippen LogP contribution in [0.3, 0.4) is 0 Å². The summed E-state index contributed by atoms with van der Waals surface area (Å²) in [7, 11) is 0. The summed E-state index contributed by atoms with van der Waals surface area (Å²) >= 11 is 12.6. The summed E-state index contributed by atoms with van der Waals surface area (Å²) in [4.78, 5) is 26.4. The van der Waals surface area contributed by atoms with Crippen LogP contribution in [0.15, 0.2) is 36.4 Å². The van der Waals surface area contributed by atoms with Gasteiger partial charge in [0.1, 0.15) is 12.0 Å². The molecule has 0 N–H and O–H groups in total. The highest BCUT2D eigenvalue weighted by atomic mass is 35.5. The van der Waals surface area contributed by atoms with E-state index in [-0.39, 0.29) is 5.78 Å². The van der Waals surface area contributed by atoms with Crippen molar-refractivity contribution in [1.29, 1.82) is 0 Å². The van der Waals surface area contributed by atoms with Gasteiger partial charge in [0.05, 0.1) is 0 Å². The van der Waals surface area contributed by atoms with E-state index in [1.54, 1.807) is 0 Å². The van der Waals surface area contributed by atoms with Crippen LogP contribution in [0.5, 0.6) is 0 Å². The molecule has 0 amide bonds. The van der Waals surface area contributed by atoms with E-state index >= 15 is 0 Å². The third kappa shape index (κ3) is 3.55. The van der Waals surface area contributed by atoms with Gasteiger partial charge in [-0.1, -0.05) is 47.8 Å². The van der Waals surface area contributed by atoms with E-state index in [0.717, 1.165) is 29.5 Å². The SMILES string of the molecule is CCOC1CCCCC12OC(=O)C(c1cc(C)c(-c3ccc(Cl)cc3)cc1Cl)C2=O. The molecular weight excluding hydrogens is 423 g/mol. The standard InChI is InChI=1S/C24H24Cl2O4/c1-3-29-20-6-4-5-11-24(20)22(27)21(23(28)30-24)18-12-14(2)17(13-19(18)26)15-7-9-16(25)10-8-15/h7-10,12-13,20-21H,3-6,11H2,1-2H3. The molecule has 1 spiro atoms. The van der Waals surface area contributed by atoms with E-state index < -0.39 is 23.6 Å². The molecule has 1 saturated carbocycles. The molecule has 0 radical (unpaired) electrons. The Morgan fingerprint density at radius 3 is 2.57 bits per heavy atom. The predicted octanol–water partition coefficient (Wildman–Crippen LogP) is 5.90. The molecule has 3 atom stereocenters. The lowest BCUT2D eigenvalue weighted by Crippen LogP contribution is -2.51. The van der Waals surface area contributed by atoms with Crippen LogP contribution in [0.2, 0.25) is 10.0 Å². The molecule has 4 nitrogen and oxygen atoms in total. The first kappa shape index (κ1) is 21.4. The molecule has 1 saturated heterocycles. The van der Waals surface area contributed by atoms with Gasteiger partial charge in [-0.05, 0) is 73.6 Å². The molecule has 2 aromatic carbocycles. The van der Waals surface area contributed by atoms with Crippen molar-refractivity contribution in [3.05, 3.63) is 57.6 Å². The smallest absolute Gasteiger partial charge is 0.322 e. The molecule has 2 fully saturated rings. The highest BCUT2D eigenvalue weighted by Crippen LogP contribution is 2.46. The van der Waals surface area contributed by atoms with Crippen molar-refractivity contribution in [3.8, 4) is 11.1 Å². The number of hydrogen-bond donors (Lipinski definition) is 0. The Bertz CT molecular complexity index is 983. The molecule has 1 aliphatic carbocycles. The maximum Gasteiger partial charge on any atom is 0.322 e. The fraction of sp³-hybridized carbons (Fsp3) is 0.417. The molecule has 158 valence electrons. The topological polar surface area (TPSA) is 52.6 Å². The number of halogens is 2. The Morgan fingerprint density at radius 2 is 1.87 bits per heavy atom. The van der Waals surface area contributed by atoms with Gasteiger partial charge in [-0.2, -0.15) is 0 Å². The second-order valence-electron chi connectivity index (χ2n) is 7.99. The Kier molecular flexibility index (Phi) is 5.93. The van der Waals surface area contributed by atoms with Crippen molar-refractivity contribution < 1.29 is 19.1 Å². The summed E-state index contributed by atoms with van der Waals surface area (Å²) in [5.74, 6) is -1.78. The molecule has 0 aromatic heterocycles. The van der Waals surface area contributed by atoms with Crippen LogP contribution in [0.4, 0.5) is 0 Å². The number of Topliss-reactive ketones (excluding diaryl/α,β-unsaturated/α-hetero) is 1. The molecule has 0 bridgehead atoms. The molecule has 3 unspecified atom stereocenters. The van der Waals surface area contributed by atoms with Gasteiger partial charge in [-0.15, -0.1) is 0 Å². The van der Waals surface area contributed by atoms with Gasteiger partial charge in [0.25, 0.3) is 0 Å². The monoisotopic (exact) mass is 446 g/mol. The van der Waals surface area contributed by atoms with E-state index in [9.17, 15) is 9.59 Å². The van der Waals surface area contributed by atoms with Crippen LogP contribution in [0.1, 0.15) is 49.7 Å². The minimum atomic E-state index is -1.19. The number of esters is 1. The highest BCUT2D eigenvalue weighted by molar-refractivity contribution is 6.33. The third-order valence-electron chi connectivity index (χ3n) is 6.16. The first-order chi connectivity index (χ1) is 14.4. The molecular formula is C24H24Cl2O4. The van der Waals surface area contributed by atoms with E-state index in [1.165, 1.54) is 0 Å². The van der Waals surface area contributed by atoms with Gasteiger partial charge in [0, 0.05) is 16.7 Å². The highest BCUT2D eigenvalue weighted by Gasteiger charge is 2.61. The van der Waals surface area contributed by atoms with Crippen LogP contribution in [0, 0.1) is 6.92 Å². The predicted molar refractivity (Wildman–Crippen MR) is 117 cm³/mol. The van der Waals surface area contributed by atoms with Gasteiger partial charge in [-0.25, -0.2) is 0 Å². The normalized spacial score (nSPS) is 26.3. The zero-order chi connectivity index (χ0) is 21.5. The summed E-state index contributed by atoms with van der Waals surface area (Å²) in [5.41, 5.74) is 2.12. The fourth-order valence-corrected chi connectivity index (χ4v) is 5.10. The Labute approximate surface area is 186 Å². The second-order valence-corrected chi connectivity index (χ2v) is 8.84. The minimum absolute atomic E-state index is 0.230. The van der Waals surface area contributed by atoms with Crippen molar-refractivity contribution in [2.45, 2.75) is 57.2 Å². The lowest BCUT2D eigenvalue weighted by atomic mass is 9.75. The number of hydrogen-bond acceptors (Lipinski definition) is 4. The average molecular weight is 447 g/mol. The van der Waals surface area contributed by atoms with Crippen molar-refractivity contribution >= 4 is 35.0 Å². The second kappa shape index (κ2) is 8.33. The van der Waals surface area contributed by atoms with Crippen LogP contribution in [-0.4, -0.2) is 30.1 Å².